The summed E-state index contributed by atoms with van der Waals surface area (Å²) in [6.07, 6.45) is 0. The monoisotopic (exact) mass is 601 g/mol. The summed E-state index contributed by atoms with van der Waals surface area (Å²) in [5.74, 6) is 2.30. The Bertz CT molecular complexity index is 2950. The molecule has 47 heavy (non-hydrogen) atoms. The predicted molar refractivity (Wildman–Crippen MR) is 190 cm³/mol. The number of fused-ring (bicyclic) bond motifs is 9. The Morgan fingerprint density at radius 3 is 2.15 bits per heavy atom. The van der Waals surface area contributed by atoms with Crippen molar-refractivity contribution in [3.05, 3.63) is 140 Å². The van der Waals surface area contributed by atoms with Crippen LogP contribution in [-0.2, 0) is 0 Å². The van der Waals surface area contributed by atoms with E-state index in [0.29, 0.717) is 5.95 Å². The van der Waals surface area contributed by atoms with Crippen LogP contribution in [0.4, 0.5) is 0 Å². The van der Waals surface area contributed by atoms with Gasteiger partial charge in [-0.25, -0.2) is 9.97 Å². The van der Waals surface area contributed by atoms with Gasteiger partial charge in [-0.3, -0.25) is 4.57 Å². The molecule has 4 heterocycles. The van der Waals surface area contributed by atoms with Crippen molar-refractivity contribution in [2.24, 2.45) is 0 Å². The molecular weight excluding hydrogens is 578 g/mol. The molecule has 0 N–H and O–H groups in total. The van der Waals surface area contributed by atoms with Gasteiger partial charge in [-0.1, -0.05) is 97.1 Å². The molecule has 5 heteroatoms. The Kier molecular flexibility index (Phi) is 4.78. The fourth-order valence-electron chi connectivity index (χ4n) is 7.58. The van der Waals surface area contributed by atoms with Gasteiger partial charge in [0.2, 0.25) is 5.95 Å². The van der Waals surface area contributed by atoms with Crippen molar-refractivity contribution >= 4 is 65.4 Å². The summed E-state index contributed by atoms with van der Waals surface area (Å²) in [7, 11) is 0. The van der Waals surface area contributed by atoms with E-state index in [-0.39, 0.29) is 0 Å². The highest BCUT2D eigenvalue weighted by Crippen LogP contribution is 2.49. The van der Waals surface area contributed by atoms with Crippen LogP contribution in [0.1, 0.15) is 0 Å². The van der Waals surface area contributed by atoms with Crippen molar-refractivity contribution in [1.29, 1.82) is 0 Å². The van der Waals surface area contributed by atoms with Crippen LogP contribution in [0.5, 0.6) is 11.5 Å². The minimum atomic E-state index is 0.605. The summed E-state index contributed by atoms with van der Waals surface area (Å²) in [5.41, 5.74) is 8.74. The summed E-state index contributed by atoms with van der Waals surface area (Å²) in [4.78, 5) is 10.6. The second-order valence-corrected chi connectivity index (χ2v) is 12.1. The van der Waals surface area contributed by atoms with Gasteiger partial charge in [0, 0.05) is 49.5 Å². The van der Waals surface area contributed by atoms with E-state index >= 15 is 0 Å². The summed E-state index contributed by atoms with van der Waals surface area (Å²) in [6, 6.07) is 48.3. The average molecular weight is 602 g/mol. The molecule has 0 unspecified atom stereocenters. The number of rotatable bonds is 2. The highest BCUT2D eigenvalue weighted by molar-refractivity contribution is 6.16. The van der Waals surface area contributed by atoms with Crippen LogP contribution in [0.15, 0.2) is 144 Å². The summed E-state index contributed by atoms with van der Waals surface area (Å²) in [5, 5.41) is 7.69. The molecule has 0 fully saturated rings. The van der Waals surface area contributed by atoms with Crippen molar-refractivity contribution in [1.82, 2.24) is 14.5 Å². The lowest BCUT2D eigenvalue weighted by molar-refractivity contribution is 0.487. The molecule has 1 aliphatic heterocycles. The molecule has 0 saturated carbocycles. The summed E-state index contributed by atoms with van der Waals surface area (Å²) >= 11 is 0. The Balaban J connectivity index is 1.23. The van der Waals surface area contributed by atoms with Crippen LogP contribution in [-0.4, -0.2) is 14.5 Å². The van der Waals surface area contributed by atoms with Gasteiger partial charge in [-0.05, 0) is 47.3 Å². The molecule has 0 aliphatic carbocycles. The second kappa shape index (κ2) is 9.05. The maximum Gasteiger partial charge on any atom is 0.235 e. The number of furan rings is 1. The summed E-state index contributed by atoms with van der Waals surface area (Å²) < 4.78 is 15.1. The SMILES string of the molecule is c1cc2c3c(cccc3c1)-c1cc3c4ccccc4n(-c4nc(-c5cccc6oc7ccccc7c56)c5ccccc5n4)c3cc1O2. The van der Waals surface area contributed by atoms with Crippen molar-refractivity contribution in [2.75, 3.05) is 0 Å². The Morgan fingerprint density at radius 2 is 1.21 bits per heavy atom. The van der Waals surface area contributed by atoms with E-state index < -0.39 is 0 Å². The molecule has 0 atom stereocenters. The van der Waals surface area contributed by atoms with Crippen LogP contribution >= 0.6 is 0 Å². The molecule has 0 radical (unpaired) electrons. The van der Waals surface area contributed by atoms with Crippen LogP contribution in [0.25, 0.3) is 93.8 Å². The molecule has 7 aromatic carbocycles. The number of nitrogens with zero attached hydrogens (tertiary/aromatic N) is 3. The smallest absolute Gasteiger partial charge is 0.235 e. The zero-order valence-electron chi connectivity index (χ0n) is 24.9. The number of hydrogen-bond acceptors (Lipinski definition) is 4. The summed E-state index contributed by atoms with van der Waals surface area (Å²) in [6.45, 7) is 0. The molecule has 0 bridgehead atoms. The van der Waals surface area contributed by atoms with E-state index in [1.807, 2.05) is 42.5 Å². The van der Waals surface area contributed by atoms with Crippen molar-refractivity contribution < 1.29 is 9.15 Å². The first-order chi connectivity index (χ1) is 23.3. The van der Waals surface area contributed by atoms with Crippen LogP contribution in [0.2, 0.25) is 0 Å². The fraction of sp³-hybridized carbons (Fsp3) is 0. The normalized spacial score (nSPS) is 12.4. The number of benzene rings is 7. The van der Waals surface area contributed by atoms with E-state index in [9.17, 15) is 0 Å². The molecule has 11 rings (SSSR count). The van der Waals surface area contributed by atoms with E-state index in [4.69, 9.17) is 19.1 Å². The molecule has 0 saturated heterocycles. The van der Waals surface area contributed by atoms with Gasteiger partial charge in [-0.15, -0.1) is 0 Å². The van der Waals surface area contributed by atoms with Crippen LogP contribution in [0.3, 0.4) is 0 Å². The number of aromatic nitrogens is 3. The molecule has 218 valence electrons. The first kappa shape index (κ1) is 24.8. The molecule has 3 aromatic heterocycles. The highest BCUT2D eigenvalue weighted by Gasteiger charge is 2.25. The zero-order chi connectivity index (χ0) is 30.6. The first-order valence-corrected chi connectivity index (χ1v) is 15.8. The Morgan fingerprint density at radius 1 is 0.468 bits per heavy atom. The molecule has 0 amide bonds. The van der Waals surface area contributed by atoms with Gasteiger partial charge in [0.15, 0.2) is 0 Å². The maximum absolute atomic E-state index is 6.62. The third-order valence-corrected chi connectivity index (χ3v) is 9.60. The fourth-order valence-corrected chi connectivity index (χ4v) is 7.58. The van der Waals surface area contributed by atoms with E-state index in [1.165, 1.54) is 10.9 Å². The van der Waals surface area contributed by atoms with Gasteiger partial charge in [-0.2, -0.15) is 0 Å². The van der Waals surface area contributed by atoms with Crippen molar-refractivity contribution in [3.63, 3.8) is 0 Å². The van der Waals surface area contributed by atoms with Gasteiger partial charge < -0.3 is 9.15 Å². The van der Waals surface area contributed by atoms with Gasteiger partial charge in [0.05, 0.1) is 22.2 Å². The lowest BCUT2D eigenvalue weighted by atomic mass is 9.93. The number of para-hydroxylation sites is 3. The first-order valence-electron chi connectivity index (χ1n) is 15.8. The predicted octanol–water partition coefficient (Wildman–Crippen LogP) is 11.2. The van der Waals surface area contributed by atoms with E-state index in [0.717, 1.165) is 88.4 Å². The van der Waals surface area contributed by atoms with E-state index in [2.05, 4.69) is 102 Å². The van der Waals surface area contributed by atoms with E-state index in [1.54, 1.807) is 0 Å². The number of ether oxygens (including phenoxy) is 1. The third kappa shape index (κ3) is 3.37. The topological polar surface area (TPSA) is 53.1 Å². The quantitative estimate of drug-likeness (QED) is 0.198. The highest BCUT2D eigenvalue weighted by atomic mass is 16.5. The molecule has 1 aliphatic rings. The Labute approximate surface area is 267 Å². The zero-order valence-corrected chi connectivity index (χ0v) is 24.9. The van der Waals surface area contributed by atoms with Crippen LogP contribution < -0.4 is 4.74 Å². The van der Waals surface area contributed by atoms with Gasteiger partial charge >= 0.3 is 0 Å². The largest absolute Gasteiger partial charge is 0.456 e. The lowest BCUT2D eigenvalue weighted by Gasteiger charge is -2.21. The second-order valence-electron chi connectivity index (χ2n) is 12.1. The third-order valence-electron chi connectivity index (χ3n) is 9.60. The van der Waals surface area contributed by atoms with Crippen molar-refractivity contribution in [3.8, 4) is 39.8 Å². The molecular formula is C42H23N3O2. The standard InChI is InChI=1S/C42H23N3O2/c1-4-17-32-27(13-1)41(29-16-9-21-37-40(29)28-14-3-6-19-35(28)46-37)44-42(43-32)45-33-18-5-2-12-25(33)30-22-31-26-15-7-10-24-11-8-20-36(39(24)26)47-38(31)23-34(30)45/h1-23H. The van der Waals surface area contributed by atoms with Gasteiger partial charge in [0.25, 0.3) is 0 Å². The van der Waals surface area contributed by atoms with Crippen molar-refractivity contribution in [2.45, 2.75) is 0 Å². The average Bonchev–Trinajstić information content (AvgIpc) is 3.66. The van der Waals surface area contributed by atoms with Crippen LogP contribution in [0, 0.1) is 0 Å². The lowest BCUT2D eigenvalue weighted by Crippen LogP contribution is -2.04. The number of hydrogen-bond donors (Lipinski definition) is 0. The maximum atomic E-state index is 6.62. The minimum absolute atomic E-state index is 0.605. The Hall–Kier alpha value is -6.46. The molecule has 10 aromatic rings. The van der Waals surface area contributed by atoms with Gasteiger partial charge in [0.1, 0.15) is 22.7 Å². The minimum Gasteiger partial charge on any atom is -0.456 e. The molecule has 0 spiro atoms. The molecule has 5 nitrogen and oxygen atoms in total.